The van der Waals surface area contributed by atoms with Gasteiger partial charge < -0.3 is 5.73 Å². The van der Waals surface area contributed by atoms with Crippen LogP contribution < -0.4 is 5.73 Å². The molecule has 22 heavy (non-hydrogen) atoms. The van der Waals surface area contributed by atoms with Crippen molar-refractivity contribution < 1.29 is 0 Å². The van der Waals surface area contributed by atoms with E-state index in [4.69, 9.17) is 10.7 Å². The number of aliphatic imine (C=N–C) groups is 1. The summed E-state index contributed by atoms with van der Waals surface area (Å²) in [4.78, 5) is 9.25. The molecule has 3 heteroatoms. The molecule has 1 aliphatic heterocycles. The Morgan fingerprint density at radius 1 is 1.09 bits per heavy atom. The maximum absolute atomic E-state index is 5.79. The van der Waals surface area contributed by atoms with E-state index in [0.717, 1.165) is 17.0 Å². The number of allylic oxidation sites excluding steroid dienone is 1. The Bertz CT molecular complexity index is 729. The number of benzene rings is 1. The van der Waals surface area contributed by atoms with E-state index in [1.807, 2.05) is 30.6 Å². The van der Waals surface area contributed by atoms with Gasteiger partial charge in [0.2, 0.25) is 0 Å². The van der Waals surface area contributed by atoms with E-state index in [1.165, 1.54) is 30.4 Å². The minimum Gasteiger partial charge on any atom is -0.399 e. The summed E-state index contributed by atoms with van der Waals surface area (Å²) in [6.07, 6.45) is 9.62. The molecule has 2 atom stereocenters. The minimum atomic E-state index is 0.490. The first-order chi connectivity index (χ1) is 10.8. The fourth-order valence-corrected chi connectivity index (χ4v) is 3.51. The number of nitrogens with two attached hydrogens (primary N) is 1. The van der Waals surface area contributed by atoms with Gasteiger partial charge in [0.25, 0.3) is 0 Å². The zero-order chi connectivity index (χ0) is 14.9. The smallest absolute Gasteiger partial charge is 0.0700 e. The number of nitrogen functional groups attached to an aromatic ring is 1. The highest BCUT2D eigenvalue weighted by molar-refractivity contribution is 6.15. The van der Waals surface area contributed by atoms with Crippen LogP contribution in [0.1, 0.15) is 30.4 Å². The molecule has 2 heterocycles. The Morgan fingerprint density at radius 2 is 1.95 bits per heavy atom. The van der Waals surface area contributed by atoms with E-state index in [0.29, 0.717) is 12.0 Å². The number of nitrogens with zero attached hydrogens (tertiary/aromatic N) is 2. The van der Waals surface area contributed by atoms with Crippen molar-refractivity contribution in [3.05, 3.63) is 65.5 Å². The zero-order valence-electron chi connectivity index (χ0n) is 12.4. The maximum atomic E-state index is 5.79. The predicted octanol–water partition coefficient (Wildman–Crippen LogP) is 3.72. The van der Waals surface area contributed by atoms with Crippen LogP contribution >= 0.6 is 0 Å². The first-order valence-electron chi connectivity index (χ1n) is 7.85. The highest BCUT2D eigenvalue weighted by atomic mass is 14.8. The second-order valence-corrected chi connectivity index (χ2v) is 6.15. The Hall–Kier alpha value is -2.42. The van der Waals surface area contributed by atoms with Crippen LogP contribution in [0.3, 0.4) is 0 Å². The molecule has 1 aliphatic carbocycles. The standard InChI is InChI=1S/C19H19N3/c20-16-6-3-13(4-7-16)10-18-14-5-8-17(11-14)22-19(18)15-2-1-9-21-12-15/h1-4,6-7,9-10,12,14,17H,5,8,11,20H2/b18-10+/t14-,17+/m1/s1. The molecule has 0 saturated heterocycles. The summed E-state index contributed by atoms with van der Waals surface area (Å²) in [5, 5.41) is 0. The lowest BCUT2D eigenvalue weighted by molar-refractivity contribution is 0.621. The van der Waals surface area contributed by atoms with Gasteiger partial charge in [0.1, 0.15) is 0 Å². The number of pyridine rings is 1. The number of rotatable bonds is 2. The molecular weight excluding hydrogens is 270 g/mol. The molecule has 2 N–H and O–H groups in total. The lowest BCUT2D eigenvalue weighted by atomic mass is 9.87. The lowest BCUT2D eigenvalue weighted by Gasteiger charge is -2.23. The maximum Gasteiger partial charge on any atom is 0.0700 e. The van der Waals surface area contributed by atoms with E-state index in [2.05, 4.69) is 29.3 Å². The molecule has 4 rings (SSSR count). The van der Waals surface area contributed by atoms with E-state index in [1.54, 1.807) is 0 Å². The van der Waals surface area contributed by atoms with Crippen LogP contribution in [0.25, 0.3) is 6.08 Å². The molecule has 2 aromatic rings. The van der Waals surface area contributed by atoms with Gasteiger partial charge >= 0.3 is 0 Å². The third-order valence-corrected chi connectivity index (χ3v) is 4.62. The largest absolute Gasteiger partial charge is 0.399 e. The molecule has 1 aromatic heterocycles. The van der Waals surface area contributed by atoms with Crippen LogP contribution in [0.2, 0.25) is 0 Å². The Balaban J connectivity index is 1.79. The minimum absolute atomic E-state index is 0.490. The molecule has 2 bridgehead atoms. The molecular formula is C19H19N3. The summed E-state index contributed by atoms with van der Waals surface area (Å²) in [5.74, 6) is 0.621. The van der Waals surface area contributed by atoms with Crippen LogP contribution in [0.15, 0.2) is 59.4 Å². The topological polar surface area (TPSA) is 51.3 Å². The molecule has 0 amide bonds. The number of fused-ring (bicyclic) bond motifs is 2. The summed E-state index contributed by atoms with van der Waals surface area (Å²) in [7, 11) is 0. The molecule has 2 aliphatic rings. The first kappa shape index (κ1) is 13.3. The van der Waals surface area contributed by atoms with Gasteiger partial charge in [-0.1, -0.05) is 12.1 Å². The van der Waals surface area contributed by atoms with Gasteiger partial charge in [-0.2, -0.15) is 0 Å². The van der Waals surface area contributed by atoms with Crippen molar-refractivity contribution in [3.8, 4) is 0 Å². The van der Waals surface area contributed by atoms with Gasteiger partial charge in [0.15, 0.2) is 0 Å². The second kappa shape index (κ2) is 5.41. The molecule has 1 aromatic carbocycles. The van der Waals surface area contributed by atoms with E-state index < -0.39 is 0 Å². The third kappa shape index (κ3) is 2.43. The summed E-state index contributed by atoms with van der Waals surface area (Å²) >= 11 is 0. The quantitative estimate of drug-likeness (QED) is 0.857. The first-order valence-corrected chi connectivity index (χ1v) is 7.85. The van der Waals surface area contributed by atoms with Crippen LogP contribution in [-0.4, -0.2) is 16.7 Å². The van der Waals surface area contributed by atoms with Gasteiger partial charge in [0, 0.05) is 23.6 Å². The monoisotopic (exact) mass is 289 g/mol. The number of hydrogen-bond acceptors (Lipinski definition) is 3. The molecule has 0 spiro atoms. The van der Waals surface area contributed by atoms with Gasteiger partial charge in [-0.05, 0) is 66.7 Å². The molecule has 0 radical (unpaired) electrons. The van der Waals surface area contributed by atoms with Crippen molar-refractivity contribution in [2.45, 2.75) is 25.3 Å². The summed E-state index contributed by atoms with van der Waals surface area (Å²) in [6.45, 7) is 0. The van der Waals surface area contributed by atoms with Crippen LogP contribution in [0.4, 0.5) is 5.69 Å². The average Bonchev–Trinajstić information content (AvgIpc) is 2.95. The highest BCUT2D eigenvalue weighted by Crippen LogP contribution is 2.40. The molecule has 1 fully saturated rings. The van der Waals surface area contributed by atoms with Gasteiger partial charge in [-0.15, -0.1) is 0 Å². The molecule has 1 saturated carbocycles. The third-order valence-electron chi connectivity index (χ3n) is 4.62. The van der Waals surface area contributed by atoms with Gasteiger partial charge in [-0.3, -0.25) is 9.98 Å². The summed E-state index contributed by atoms with van der Waals surface area (Å²) in [6, 6.07) is 12.6. The van der Waals surface area contributed by atoms with Crippen molar-refractivity contribution >= 4 is 17.5 Å². The fraction of sp³-hybridized carbons (Fsp3) is 0.263. The Kier molecular flexibility index (Phi) is 3.26. The summed E-state index contributed by atoms with van der Waals surface area (Å²) in [5.41, 5.74) is 11.4. The lowest BCUT2D eigenvalue weighted by Crippen LogP contribution is -2.20. The van der Waals surface area contributed by atoms with Crippen LogP contribution in [-0.2, 0) is 0 Å². The van der Waals surface area contributed by atoms with E-state index in [9.17, 15) is 0 Å². The highest BCUT2D eigenvalue weighted by Gasteiger charge is 2.34. The fourth-order valence-electron chi connectivity index (χ4n) is 3.51. The zero-order valence-corrected chi connectivity index (χ0v) is 12.4. The number of hydrogen-bond donors (Lipinski definition) is 1. The molecule has 0 unspecified atom stereocenters. The van der Waals surface area contributed by atoms with Crippen molar-refractivity contribution in [3.63, 3.8) is 0 Å². The van der Waals surface area contributed by atoms with Crippen molar-refractivity contribution in [1.82, 2.24) is 4.98 Å². The molecule has 3 nitrogen and oxygen atoms in total. The average molecular weight is 289 g/mol. The normalized spacial score (nSPS) is 25.3. The van der Waals surface area contributed by atoms with Crippen molar-refractivity contribution in [1.29, 1.82) is 0 Å². The SMILES string of the molecule is Nc1ccc(/C=C2/C(c3cccnc3)=N[C@H]3CC[C@@H]2C3)cc1. The number of anilines is 1. The van der Waals surface area contributed by atoms with Crippen LogP contribution in [0, 0.1) is 5.92 Å². The van der Waals surface area contributed by atoms with Gasteiger partial charge in [-0.25, -0.2) is 0 Å². The van der Waals surface area contributed by atoms with Gasteiger partial charge in [0.05, 0.1) is 11.8 Å². The summed E-state index contributed by atoms with van der Waals surface area (Å²) < 4.78 is 0. The predicted molar refractivity (Wildman–Crippen MR) is 90.7 cm³/mol. The second-order valence-electron chi connectivity index (χ2n) is 6.15. The van der Waals surface area contributed by atoms with E-state index >= 15 is 0 Å². The van der Waals surface area contributed by atoms with Crippen molar-refractivity contribution in [2.24, 2.45) is 10.9 Å². The van der Waals surface area contributed by atoms with Crippen molar-refractivity contribution in [2.75, 3.05) is 5.73 Å². The van der Waals surface area contributed by atoms with E-state index in [-0.39, 0.29) is 0 Å². The Morgan fingerprint density at radius 3 is 2.73 bits per heavy atom. The number of aromatic nitrogens is 1. The Labute approximate surface area is 130 Å². The van der Waals surface area contributed by atoms with Crippen LogP contribution in [0.5, 0.6) is 0 Å². The molecule has 110 valence electrons.